The summed E-state index contributed by atoms with van der Waals surface area (Å²) in [6.45, 7) is 6.88. The number of aliphatic hydroxyl groups is 1. The quantitative estimate of drug-likeness (QED) is 0.713. The zero-order valence-corrected chi connectivity index (χ0v) is 11.6. The molecule has 1 aromatic heterocycles. The normalized spacial score (nSPS) is 13.3. The Bertz CT molecular complexity index is 429. The van der Waals surface area contributed by atoms with Gasteiger partial charge < -0.3 is 15.5 Å². The summed E-state index contributed by atoms with van der Waals surface area (Å²) in [6.07, 6.45) is 2.80. The Balaban J connectivity index is 2.48. The molecule has 0 fully saturated rings. The summed E-state index contributed by atoms with van der Waals surface area (Å²) in [5.74, 6) is -1.05. The van der Waals surface area contributed by atoms with Crippen molar-refractivity contribution in [1.29, 1.82) is 0 Å². The van der Waals surface area contributed by atoms with Crippen molar-refractivity contribution in [1.82, 2.24) is 15.3 Å². The van der Waals surface area contributed by atoms with E-state index in [2.05, 4.69) is 36.1 Å². The van der Waals surface area contributed by atoms with E-state index in [1.165, 1.54) is 12.5 Å². The summed E-state index contributed by atoms with van der Waals surface area (Å²) in [7, 11) is 0. The fraction of sp³-hybridized carbons (Fsp3) is 0.615. The maximum Gasteiger partial charge on any atom is 0.339 e. The van der Waals surface area contributed by atoms with Crippen LogP contribution in [0.25, 0.3) is 0 Å². The van der Waals surface area contributed by atoms with E-state index in [-0.39, 0.29) is 11.0 Å². The molecule has 106 valence electrons. The highest BCUT2D eigenvalue weighted by atomic mass is 16.4. The van der Waals surface area contributed by atoms with Crippen molar-refractivity contribution < 1.29 is 15.0 Å². The van der Waals surface area contributed by atoms with E-state index in [0.29, 0.717) is 25.2 Å². The molecule has 0 saturated heterocycles. The van der Waals surface area contributed by atoms with Gasteiger partial charge in [-0.25, -0.2) is 14.8 Å². The number of aromatic nitrogens is 2. The molecule has 19 heavy (non-hydrogen) atoms. The largest absolute Gasteiger partial charge is 0.478 e. The molecule has 6 heteroatoms. The lowest BCUT2D eigenvalue weighted by Gasteiger charge is -2.22. The van der Waals surface area contributed by atoms with E-state index in [9.17, 15) is 9.90 Å². The standard InChI is InChI=1S/C13H21N3O3/c1-13(2,3)4-9(17)5-14-7-11-10(12(18)19)6-15-8-16-11/h6,8-9,14,17H,4-5,7H2,1-3H3,(H,18,19). The average Bonchev–Trinajstić information content (AvgIpc) is 2.27. The van der Waals surface area contributed by atoms with Crippen LogP contribution >= 0.6 is 0 Å². The Hall–Kier alpha value is -1.53. The zero-order chi connectivity index (χ0) is 14.5. The monoisotopic (exact) mass is 267 g/mol. The highest BCUT2D eigenvalue weighted by Gasteiger charge is 2.17. The van der Waals surface area contributed by atoms with Crippen LogP contribution in [0, 0.1) is 5.41 Å². The second-order valence-corrected chi connectivity index (χ2v) is 5.74. The maximum atomic E-state index is 10.9. The smallest absolute Gasteiger partial charge is 0.339 e. The topological polar surface area (TPSA) is 95.3 Å². The van der Waals surface area contributed by atoms with Crippen molar-refractivity contribution in [2.75, 3.05) is 6.54 Å². The van der Waals surface area contributed by atoms with Crippen LogP contribution in [0.15, 0.2) is 12.5 Å². The average molecular weight is 267 g/mol. The van der Waals surface area contributed by atoms with Gasteiger partial charge in [-0.05, 0) is 11.8 Å². The van der Waals surface area contributed by atoms with Gasteiger partial charge in [-0.1, -0.05) is 20.8 Å². The molecule has 1 rings (SSSR count). The van der Waals surface area contributed by atoms with Gasteiger partial charge in [0.15, 0.2) is 0 Å². The van der Waals surface area contributed by atoms with Crippen LogP contribution in [0.2, 0.25) is 0 Å². The lowest BCUT2D eigenvalue weighted by atomic mass is 9.89. The van der Waals surface area contributed by atoms with E-state index in [1.54, 1.807) is 0 Å². The fourth-order valence-corrected chi connectivity index (χ4v) is 1.81. The van der Waals surface area contributed by atoms with Gasteiger partial charge in [0, 0.05) is 19.3 Å². The molecule has 0 aromatic carbocycles. The van der Waals surface area contributed by atoms with Crippen LogP contribution in [-0.2, 0) is 6.54 Å². The predicted molar refractivity (Wildman–Crippen MR) is 70.8 cm³/mol. The van der Waals surface area contributed by atoms with Crippen molar-refractivity contribution in [2.24, 2.45) is 5.41 Å². The summed E-state index contributed by atoms with van der Waals surface area (Å²) >= 11 is 0. The number of rotatable bonds is 6. The van der Waals surface area contributed by atoms with Crippen LogP contribution in [0.5, 0.6) is 0 Å². The minimum Gasteiger partial charge on any atom is -0.478 e. The Morgan fingerprint density at radius 2 is 2.16 bits per heavy atom. The molecule has 0 bridgehead atoms. The summed E-state index contributed by atoms with van der Waals surface area (Å²) in [6, 6.07) is 0. The van der Waals surface area contributed by atoms with Gasteiger partial charge in [-0.3, -0.25) is 0 Å². The number of carboxylic acids is 1. The van der Waals surface area contributed by atoms with Crippen LogP contribution in [0.4, 0.5) is 0 Å². The third kappa shape index (κ3) is 5.76. The zero-order valence-electron chi connectivity index (χ0n) is 11.6. The van der Waals surface area contributed by atoms with Crippen LogP contribution in [0.3, 0.4) is 0 Å². The minimum absolute atomic E-state index is 0.0578. The Morgan fingerprint density at radius 1 is 1.47 bits per heavy atom. The molecule has 0 amide bonds. The third-order valence-corrected chi connectivity index (χ3v) is 2.55. The summed E-state index contributed by atoms with van der Waals surface area (Å²) in [5.41, 5.74) is 0.563. The molecule has 0 aliphatic heterocycles. The first kappa shape index (κ1) is 15.5. The number of aliphatic hydroxyl groups excluding tert-OH is 1. The van der Waals surface area contributed by atoms with Crippen LogP contribution < -0.4 is 5.32 Å². The molecule has 3 N–H and O–H groups in total. The first-order valence-electron chi connectivity index (χ1n) is 6.20. The number of nitrogens with one attached hydrogen (secondary N) is 1. The molecule has 1 atom stereocenters. The van der Waals surface area contributed by atoms with Gasteiger partial charge in [-0.15, -0.1) is 0 Å². The molecule has 0 aliphatic carbocycles. The second kappa shape index (κ2) is 6.58. The molecular weight excluding hydrogens is 246 g/mol. The van der Waals surface area contributed by atoms with Crippen molar-refractivity contribution in [3.63, 3.8) is 0 Å². The van der Waals surface area contributed by atoms with Crippen molar-refractivity contribution in [3.05, 3.63) is 23.8 Å². The van der Waals surface area contributed by atoms with E-state index in [1.807, 2.05) is 0 Å². The summed E-state index contributed by atoms with van der Waals surface area (Å²) in [4.78, 5) is 18.6. The first-order chi connectivity index (χ1) is 8.79. The molecule has 0 radical (unpaired) electrons. The van der Waals surface area contributed by atoms with Crippen molar-refractivity contribution in [3.8, 4) is 0 Å². The maximum absolute atomic E-state index is 10.9. The van der Waals surface area contributed by atoms with E-state index in [4.69, 9.17) is 5.11 Å². The molecule has 1 aromatic rings. The number of carbonyl (C=O) groups is 1. The first-order valence-corrected chi connectivity index (χ1v) is 6.20. The SMILES string of the molecule is CC(C)(C)CC(O)CNCc1ncncc1C(=O)O. The predicted octanol–water partition coefficient (Wildman–Crippen LogP) is 1.06. The number of aromatic carboxylic acids is 1. The lowest BCUT2D eigenvalue weighted by Crippen LogP contribution is -2.30. The Labute approximate surface area is 112 Å². The summed E-state index contributed by atoms with van der Waals surface area (Å²) in [5, 5.41) is 21.8. The fourth-order valence-electron chi connectivity index (χ4n) is 1.81. The Kier molecular flexibility index (Phi) is 5.38. The molecule has 6 nitrogen and oxygen atoms in total. The van der Waals surface area contributed by atoms with Gasteiger partial charge in [0.1, 0.15) is 11.9 Å². The van der Waals surface area contributed by atoms with Crippen LogP contribution in [-0.4, -0.2) is 38.8 Å². The number of hydrogen-bond donors (Lipinski definition) is 3. The highest BCUT2D eigenvalue weighted by molar-refractivity contribution is 5.88. The number of hydrogen-bond acceptors (Lipinski definition) is 5. The van der Waals surface area contributed by atoms with Crippen molar-refractivity contribution in [2.45, 2.75) is 39.8 Å². The minimum atomic E-state index is -1.05. The molecule has 1 unspecified atom stereocenters. The number of carboxylic acid groups (broad SMARTS) is 1. The Morgan fingerprint density at radius 3 is 2.74 bits per heavy atom. The van der Waals surface area contributed by atoms with Gasteiger partial charge in [0.05, 0.1) is 11.8 Å². The van der Waals surface area contributed by atoms with Gasteiger partial charge in [-0.2, -0.15) is 0 Å². The second-order valence-electron chi connectivity index (χ2n) is 5.74. The van der Waals surface area contributed by atoms with E-state index in [0.717, 1.165) is 0 Å². The number of nitrogens with zero attached hydrogens (tertiary/aromatic N) is 2. The molecule has 0 saturated carbocycles. The van der Waals surface area contributed by atoms with Crippen LogP contribution in [0.1, 0.15) is 43.2 Å². The molecular formula is C13H21N3O3. The van der Waals surface area contributed by atoms with Gasteiger partial charge >= 0.3 is 5.97 Å². The third-order valence-electron chi connectivity index (χ3n) is 2.55. The van der Waals surface area contributed by atoms with Gasteiger partial charge in [0.25, 0.3) is 0 Å². The lowest BCUT2D eigenvalue weighted by molar-refractivity contribution is 0.0694. The van der Waals surface area contributed by atoms with E-state index < -0.39 is 12.1 Å². The molecule has 0 aliphatic rings. The van der Waals surface area contributed by atoms with Gasteiger partial charge in [0.2, 0.25) is 0 Å². The molecule has 0 spiro atoms. The van der Waals surface area contributed by atoms with E-state index >= 15 is 0 Å². The summed E-state index contributed by atoms with van der Waals surface area (Å²) < 4.78 is 0. The van der Waals surface area contributed by atoms with Crippen molar-refractivity contribution >= 4 is 5.97 Å². The highest BCUT2D eigenvalue weighted by Crippen LogP contribution is 2.20. The molecule has 1 heterocycles.